The molecular weight excluding hydrogens is 288 g/mol. The number of rotatable bonds is 3. The molecule has 1 aliphatic heterocycles. The Bertz CT molecular complexity index is 862. The van der Waals surface area contributed by atoms with Gasteiger partial charge < -0.3 is 10.6 Å². The molecule has 0 aliphatic carbocycles. The van der Waals surface area contributed by atoms with Gasteiger partial charge in [0.25, 0.3) is 0 Å². The van der Waals surface area contributed by atoms with Gasteiger partial charge >= 0.3 is 0 Å². The minimum atomic E-state index is -0.0789. The van der Waals surface area contributed by atoms with E-state index >= 15 is 0 Å². The Kier molecular flexibility index (Phi) is 3.09. The number of anilines is 1. The number of aryl methyl sites for hydroxylation is 1. The zero-order chi connectivity index (χ0) is 16.0. The Morgan fingerprint density at radius 1 is 1.30 bits per heavy atom. The van der Waals surface area contributed by atoms with E-state index in [1.807, 2.05) is 19.1 Å². The smallest absolute Gasteiger partial charge is 0.147 e. The summed E-state index contributed by atoms with van der Waals surface area (Å²) in [4.78, 5) is 11.3. The van der Waals surface area contributed by atoms with Crippen LogP contribution in [0, 0.1) is 6.92 Å². The first-order chi connectivity index (χ1) is 11.1. The van der Waals surface area contributed by atoms with Crippen molar-refractivity contribution in [3.63, 3.8) is 0 Å². The van der Waals surface area contributed by atoms with Gasteiger partial charge in [0, 0.05) is 29.7 Å². The minimum absolute atomic E-state index is 0.0789. The number of H-pyrrole nitrogens is 1. The van der Waals surface area contributed by atoms with Crippen LogP contribution in [0.25, 0.3) is 22.2 Å². The maximum atomic E-state index is 6.25. The van der Waals surface area contributed by atoms with Crippen LogP contribution in [0.4, 0.5) is 5.82 Å². The highest BCUT2D eigenvalue weighted by atomic mass is 15.3. The Morgan fingerprint density at radius 3 is 2.91 bits per heavy atom. The van der Waals surface area contributed by atoms with E-state index in [-0.39, 0.29) is 5.54 Å². The fraction of sp³-hybridized carbons (Fsp3) is 0.353. The second-order valence-corrected chi connectivity index (χ2v) is 6.42. The fourth-order valence-electron chi connectivity index (χ4n) is 3.04. The lowest BCUT2D eigenvalue weighted by Crippen LogP contribution is -2.67. The lowest BCUT2D eigenvalue weighted by atomic mass is 9.88. The Labute approximate surface area is 134 Å². The number of hydrogen-bond acceptors (Lipinski definition) is 5. The summed E-state index contributed by atoms with van der Waals surface area (Å²) in [5.41, 5.74) is 10.1. The van der Waals surface area contributed by atoms with Crippen LogP contribution in [0.1, 0.15) is 19.0 Å². The molecule has 1 saturated heterocycles. The van der Waals surface area contributed by atoms with Crippen molar-refractivity contribution in [1.29, 1.82) is 0 Å². The van der Waals surface area contributed by atoms with Gasteiger partial charge in [0.05, 0.1) is 29.1 Å². The first-order valence-electron chi connectivity index (χ1n) is 7.89. The molecule has 0 amide bonds. The molecule has 0 saturated carbocycles. The molecule has 118 valence electrons. The molecule has 3 heterocycles. The molecular formula is C17H20N6. The molecule has 6 heteroatoms. The van der Waals surface area contributed by atoms with Crippen molar-refractivity contribution in [3.05, 3.63) is 36.3 Å². The zero-order valence-electron chi connectivity index (χ0n) is 13.4. The normalized spacial score (nSPS) is 16.6. The predicted molar refractivity (Wildman–Crippen MR) is 91.3 cm³/mol. The summed E-state index contributed by atoms with van der Waals surface area (Å²) in [6, 6.07) is 6.15. The third-order valence-corrected chi connectivity index (χ3v) is 4.70. The van der Waals surface area contributed by atoms with Crippen LogP contribution in [0.5, 0.6) is 0 Å². The van der Waals surface area contributed by atoms with E-state index in [0.29, 0.717) is 0 Å². The Hall–Kier alpha value is -2.47. The summed E-state index contributed by atoms with van der Waals surface area (Å²) in [7, 11) is 0. The van der Waals surface area contributed by atoms with Gasteiger partial charge in [-0.25, -0.2) is 4.98 Å². The molecule has 1 aromatic carbocycles. The van der Waals surface area contributed by atoms with Gasteiger partial charge in [0.15, 0.2) is 0 Å². The third-order valence-electron chi connectivity index (χ3n) is 4.70. The van der Waals surface area contributed by atoms with Gasteiger partial charge in [-0.15, -0.1) is 0 Å². The first kappa shape index (κ1) is 14.1. The van der Waals surface area contributed by atoms with Crippen molar-refractivity contribution < 1.29 is 0 Å². The van der Waals surface area contributed by atoms with Gasteiger partial charge in [0.2, 0.25) is 0 Å². The summed E-state index contributed by atoms with van der Waals surface area (Å²) in [6.45, 7) is 5.82. The van der Waals surface area contributed by atoms with Crippen LogP contribution in [0.3, 0.4) is 0 Å². The van der Waals surface area contributed by atoms with Gasteiger partial charge in [0.1, 0.15) is 5.82 Å². The molecule has 0 spiro atoms. The van der Waals surface area contributed by atoms with E-state index < -0.39 is 0 Å². The lowest BCUT2D eigenvalue weighted by Gasteiger charge is -2.47. The van der Waals surface area contributed by atoms with Crippen molar-refractivity contribution in [2.45, 2.75) is 25.8 Å². The predicted octanol–water partition coefficient (Wildman–Crippen LogP) is 2.26. The molecule has 1 aliphatic rings. The monoisotopic (exact) mass is 308 g/mol. The summed E-state index contributed by atoms with van der Waals surface area (Å²) in [6.07, 6.45) is 4.59. The molecule has 1 fully saturated rings. The number of nitrogens with one attached hydrogen (secondary N) is 1. The first-order valence-corrected chi connectivity index (χ1v) is 7.89. The number of benzene rings is 1. The number of aromatic amines is 1. The second-order valence-electron chi connectivity index (χ2n) is 6.42. The van der Waals surface area contributed by atoms with E-state index in [1.165, 1.54) is 0 Å². The maximum Gasteiger partial charge on any atom is 0.147 e. The average Bonchev–Trinajstić information content (AvgIpc) is 2.93. The highest BCUT2D eigenvalue weighted by Crippen LogP contribution is 2.29. The fourth-order valence-corrected chi connectivity index (χ4v) is 3.04. The van der Waals surface area contributed by atoms with Crippen LogP contribution in [0.2, 0.25) is 0 Å². The van der Waals surface area contributed by atoms with E-state index in [9.17, 15) is 0 Å². The summed E-state index contributed by atoms with van der Waals surface area (Å²) >= 11 is 0. The van der Waals surface area contributed by atoms with Crippen molar-refractivity contribution in [2.24, 2.45) is 5.73 Å². The molecule has 3 N–H and O–H groups in total. The number of nitrogens with two attached hydrogens (primary N) is 1. The third kappa shape index (κ3) is 2.35. The largest absolute Gasteiger partial charge is 0.351 e. The van der Waals surface area contributed by atoms with Crippen molar-refractivity contribution in [3.8, 4) is 11.3 Å². The van der Waals surface area contributed by atoms with Crippen LogP contribution in [-0.2, 0) is 0 Å². The highest BCUT2D eigenvalue weighted by molar-refractivity contribution is 5.85. The Morgan fingerprint density at radius 2 is 2.13 bits per heavy atom. The number of aromatic nitrogens is 4. The summed E-state index contributed by atoms with van der Waals surface area (Å²) < 4.78 is 0. The van der Waals surface area contributed by atoms with E-state index in [0.717, 1.165) is 53.2 Å². The summed E-state index contributed by atoms with van der Waals surface area (Å²) in [5, 5.41) is 8.39. The zero-order valence-corrected chi connectivity index (χ0v) is 13.4. The van der Waals surface area contributed by atoms with Gasteiger partial charge in [-0.2, -0.15) is 5.10 Å². The van der Waals surface area contributed by atoms with Gasteiger partial charge in [-0.3, -0.25) is 10.1 Å². The van der Waals surface area contributed by atoms with E-state index in [2.05, 4.69) is 33.1 Å². The number of hydrogen-bond donors (Lipinski definition) is 2. The molecule has 6 nitrogen and oxygen atoms in total. The molecule has 23 heavy (non-hydrogen) atoms. The number of nitrogens with zero attached hydrogens (tertiary/aromatic N) is 4. The summed E-state index contributed by atoms with van der Waals surface area (Å²) in [5.74, 6) is 0.890. The molecule has 0 unspecified atom stereocenters. The molecule has 3 aromatic rings. The van der Waals surface area contributed by atoms with Crippen molar-refractivity contribution in [2.75, 3.05) is 18.0 Å². The minimum Gasteiger partial charge on any atom is -0.351 e. The standard InChI is InChI=1S/C17H20N6/c1-3-17(18)9-23(10-17)16-8-19-7-15(20-16)12-4-5-14-13(6-12)11(2)21-22-14/h4-8H,3,9-10,18H2,1-2H3,(H,21,22). The van der Waals surface area contributed by atoms with E-state index in [4.69, 9.17) is 10.7 Å². The van der Waals surface area contributed by atoms with Crippen LogP contribution in [-0.4, -0.2) is 38.8 Å². The van der Waals surface area contributed by atoms with Gasteiger partial charge in [-0.05, 0) is 25.5 Å². The highest BCUT2D eigenvalue weighted by Gasteiger charge is 2.38. The van der Waals surface area contributed by atoms with Crippen molar-refractivity contribution >= 4 is 16.7 Å². The second kappa shape index (κ2) is 5.03. The van der Waals surface area contributed by atoms with Crippen LogP contribution < -0.4 is 10.6 Å². The molecule has 0 atom stereocenters. The molecule has 2 aromatic heterocycles. The molecule has 4 rings (SSSR count). The quantitative estimate of drug-likeness (QED) is 0.775. The number of fused-ring (bicyclic) bond motifs is 1. The van der Waals surface area contributed by atoms with E-state index in [1.54, 1.807) is 12.4 Å². The average molecular weight is 308 g/mol. The van der Waals surface area contributed by atoms with Crippen LogP contribution >= 0.6 is 0 Å². The molecule has 0 radical (unpaired) electrons. The lowest BCUT2D eigenvalue weighted by molar-refractivity contribution is 0.320. The molecule has 0 bridgehead atoms. The SMILES string of the molecule is CCC1(N)CN(c2cncc(-c3ccc4n[nH]c(C)c4c3)n2)C1. The van der Waals surface area contributed by atoms with Crippen LogP contribution in [0.15, 0.2) is 30.6 Å². The Balaban J connectivity index is 1.66. The van der Waals surface area contributed by atoms with Crippen molar-refractivity contribution in [1.82, 2.24) is 20.2 Å². The maximum absolute atomic E-state index is 6.25. The topological polar surface area (TPSA) is 83.7 Å². The van der Waals surface area contributed by atoms with Gasteiger partial charge in [-0.1, -0.05) is 13.0 Å².